The second-order valence-corrected chi connectivity index (χ2v) is 6.04. The Morgan fingerprint density at radius 3 is 2.83 bits per heavy atom. The first-order chi connectivity index (χ1) is 8.58. The van der Waals surface area contributed by atoms with Gasteiger partial charge in [-0.05, 0) is 31.9 Å². The molecule has 2 nitrogen and oxygen atoms in total. The first-order valence-electron chi connectivity index (χ1n) is 6.29. The molecule has 1 aliphatic carbocycles. The molecule has 2 atom stereocenters. The summed E-state index contributed by atoms with van der Waals surface area (Å²) in [5, 5.41) is 2.93. The molecule has 0 aromatic heterocycles. The number of halogens is 2. The molecule has 1 saturated carbocycles. The summed E-state index contributed by atoms with van der Waals surface area (Å²) in [7, 11) is 0. The van der Waals surface area contributed by atoms with E-state index in [4.69, 9.17) is 0 Å². The molecule has 2 rings (SSSR count). The minimum atomic E-state index is -0.458. The van der Waals surface area contributed by atoms with Crippen LogP contribution in [0.5, 0.6) is 0 Å². The Bertz CT molecular complexity index is 449. The van der Waals surface area contributed by atoms with Gasteiger partial charge in [0.2, 0.25) is 0 Å². The lowest BCUT2D eigenvalue weighted by Gasteiger charge is -2.28. The summed E-state index contributed by atoms with van der Waals surface area (Å²) in [6.45, 7) is 1.85. The van der Waals surface area contributed by atoms with Crippen LogP contribution in [0.1, 0.15) is 41.6 Å². The van der Waals surface area contributed by atoms with Crippen molar-refractivity contribution in [2.75, 3.05) is 0 Å². The number of hydrogen-bond donors (Lipinski definition) is 1. The Morgan fingerprint density at radius 1 is 1.39 bits per heavy atom. The lowest BCUT2D eigenvalue weighted by Crippen LogP contribution is -2.42. The van der Waals surface area contributed by atoms with Gasteiger partial charge in [-0.25, -0.2) is 4.39 Å². The van der Waals surface area contributed by atoms with Gasteiger partial charge in [-0.2, -0.15) is 0 Å². The predicted molar refractivity (Wildman–Crippen MR) is 73.6 cm³/mol. The zero-order chi connectivity index (χ0) is 13.1. The summed E-state index contributed by atoms with van der Waals surface area (Å²) in [6, 6.07) is 4.71. The van der Waals surface area contributed by atoms with Crippen molar-refractivity contribution < 1.29 is 9.18 Å². The van der Waals surface area contributed by atoms with Crippen LogP contribution in [0.2, 0.25) is 0 Å². The van der Waals surface area contributed by atoms with Gasteiger partial charge >= 0.3 is 0 Å². The van der Waals surface area contributed by atoms with Crippen LogP contribution < -0.4 is 5.32 Å². The lowest BCUT2D eigenvalue weighted by molar-refractivity contribution is 0.0925. The second-order valence-electron chi connectivity index (χ2n) is 4.86. The Kier molecular flexibility index (Phi) is 4.38. The number of amides is 1. The van der Waals surface area contributed by atoms with Gasteiger partial charge in [0.25, 0.3) is 5.91 Å². The molecule has 98 valence electrons. The summed E-state index contributed by atoms with van der Waals surface area (Å²) in [5.41, 5.74) is 1.03. The van der Waals surface area contributed by atoms with E-state index in [0.717, 1.165) is 24.8 Å². The van der Waals surface area contributed by atoms with Gasteiger partial charge in [-0.1, -0.05) is 40.4 Å². The van der Waals surface area contributed by atoms with Gasteiger partial charge in [-0.3, -0.25) is 4.79 Å². The summed E-state index contributed by atoms with van der Waals surface area (Å²) in [5.74, 6) is -0.771. The first kappa shape index (κ1) is 13.5. The molecule has 1 aromatic rings. The molecule has 18 heavy (non-hydrogen) atoms. The van der Waals surface area contributed by atoms with E-state index < -0.39 is 5.82 Å². The van der Waals surface area contributed by atoms with Crippen molar-refractivity contribution in [3.8, 4) is 0 Å². The van der Waals surface area contributed by atoms with Crippen molar-refractivity contribution >= 4 is 21.8 Å². The zero-order valence-corrected chi connectivity index (χ0v) is 12.0. The normalized spacial score (nSPS) is 23.7. The van der Waals surface area contributed by atoms with Gasteiger partial charge in [-0.15, -0.1) is 0 Å². The summed E-state index contributed by atoms with van der Waals surface area (Å²) < 4.78 is 13.6. The van der Waals surface area contributed by atoms with Crippen molar-refractivity contribution in [3.63, 3.8) is 0 Å². The molecule has 4 heteroatoms. The quantitative estimate of drug-likeness (QED) is 0.831. The topological polar surface area (TPSA) is 29.1 Å². The van der Waals surface area contributed by atoms with Crippen LogP contribution in [-0.4, -0.2) is 16.8 Å². The molecule has 0 spiro atoms. The fourth-order valence-corrected chi connectivity index (χ4v) is 3.03. The maximum atomic E-state index is 13.6. The number of carbonyl (C=O) groups is 1. The van der Waals surface area contributed by atoms with Crippen molar-refractivity contribution in [3.05, 3.63) is 35.1 Å². The third kappa shape index (κ3) is 3.10. The number of rotatable bonds is 2. The second kappa shape index (κ2) is 5.83. The molecule has 1 N–H and O–H groups in total. The Hall–Kier alpha value is -0.900. The van der Waals surface area contributed by atoms with Gasteiger partial charge in [0.05, 0.1) is 5.56 Å². The van der Waals surface area contributed by atoms with Crippen molar-refractivity contribution in [1.82, 2.24) is 5.32 Å². The van der Waals surface area contributed by atoms with Gasteiger partial charge < -0.3 is 5.32 Å². The molecule has 1 aliphatic rings. The summed E-state index contributed by atoms with van der Waals surface area (Å²) in [6.07, 6.45) is 4.31. The molecule has 0 radical (unpaired) electrons. The number of carbonyl (C=O) groups excluding carboxylic acids is 1. The van der Waals surface area contributed by atoms with Crippen molar-refractivity contribution in [2.24, 2.45) is 0 Å². The van der Waals surface area contributed by atoms with Crippen molar-refractivity contribution in [2.45, 2.75) is 43.5 Å². The van der Waals surface area contributed by atoms with E-state index in [1.807, 2.05) is 6.92 Å². The third-order valence-electron chi connectivity index (χ3n) is 3.36. The molecular weight excluding hydrogens is 297 g/mol. The monoisotopic (exact) mass is 313 g/mol. The molecule has 1 fully saturated rings. The van der Waals surface area contributed by atoms with Gasteiger partial charge in [0.1, 0.15) is 5.82 Å². The molecule has 0 bridgehead atoms. The standard InChI is InChI=1S/C14H17BrFNO/c1-9-6-7-12(16)10(8-9)14(18)17-13-5-3-2-4-11(13)15/h6-8,11,13H,2-5H2,1H3,(H,17,18). The van der Waals surface area contributed by atoms with Crippen molar-refractivity contribution in [1.29, 1.82) is 0 Å². The Labute approximate surface area is 115 Å². The van der Waals surface area contributed by atoms with Crippen LogP contribution in [0.15, 0.2) is 18.2 Å². The predicted octanol–water partition coefficient (Wildman–Crippen LogP) is 3.57. The van der Waals surface area contributed by atoms with E-state index in [-0.39, 0.29) is 17.5 Å². The summed E-state index contributed by atoms with van der Waals surface area (Å²) >= 11 is 3.58. The van der Waals surface area contributed by atoms with E-state index in [2.05, 4.69) is 21.2 Å². The molecular formula is C14H17BrFNO. The van der Waals surface area contributed by atoms with Crippen LogP contribution in [0.25, 0.3) is 0 Å². The highest BCUT2D eigenvalue weighted by Crippen LogP contribution is 2.25. The molecule has 0 aliphatic heterocycles. The van der Waals surface area contributed by atoms with E-state index in [0.29, 0.717) is 4.83 Å². The maximum absolute atomic E-state index is 13.6. The van der Waals surface area contributed by atoms with Gasteiger partial charge in [0, 0.05) is 10.9 Å². The van der Waals surface area contributed by atoms with E-state index >= 15 is 0 Å². The Balaban J connectivity index is 2.09. The number of alkyl halides is 1. The molecule has 0 saturated heterocycles. The Morgan fingerprint density at radius 2 is 2.11 bits per heavy atom. The first-order valence-corrected chi connectivity index (χ1v) is 7.20. The molecule has 2 unspecified atom stereocenters. The summed E-state index contributed by atoms with van der Waals surface area (Å²) in [4.78, 5) is 12.4. The smallest absolute Gasteiger partial charge is 0.254 e. The number of aryl methyl sites for hydroxylation is 1. The van der Waals surface area contributed by atoms with Crippen LogP contribution >= 0.6 is 15.9 Å². The fourth-order valence-electron chi connectivity index (χ4n) is 2.31. The van der Waals surface area contributed by atoms with Crippen LogP contribution in [-0.2, 0) is 0 Å². The fraction of sp³-hybridized carbons (Fsp3) is 0.500. The van der Waals surface area contributed by atoms with Gasteiger partial charge in [0.15, 0.2) is 0 Å². The number of benzene rings is 1. The minimum absolute atomic E-state index is 0.103. The zero-order valence-electron chi connectivity index (χ0n) is 10.4. The van der Waals surface area contributed by atoms with E-state index in [1.54, 1.807) is 12.1 Å². The number of hydrogen-bond acceptors (Lipinski definition) is 1. The average molecular weight is 314 g/mol. The molecule has 1 aromatic carbocycles. The molecule has 0 heterocycles. The van der Waals surface area contributed by atoms with Crippen LogP contribution in [0.4, 0.5) is 4.39 Å². The van der Waals surface area contributed by atoms with E-state index in [1.165, 1.54) is 12.5 Å². The minimum Gasteiger partial charge on any atom is -0.348 e. The van der Waals surface area contributed by atoms with Crippen LogP contribution in [0.3, 0.4) is 0 Å². The largest absolute Gasteiger partial charge is 0.348 e. The molecule has 1 amide bonds. The lowest BCUT2D eigenvalue weighted by atomic mass is 9.95. The highest BCUT2D eigenvalue weighted by molar-refractivity contribution is 9.09. The SMILES string of the molecule is Cc1ccc(F)c(C(=O)NC2CCCCC2Br)c1. The maximum Gasteiger partial charge on any atom is 0.254 e. The number of nitrogens with one attached hydrogen (secondary N) is 1. The van der Waals surface area contributed by atoms with E-state index in [9.17, 15) is 9.18 Å². The highest BCUT2D eigenvalue weighted by Gasteiger charge is 2.25. The average Bonchev–Trinajstić information content (AvgIpc) is 2.35. The van der Waals surface area contributed by atoms with Crippen LogP contribution in [0, 0.1) is 12.7 Å². The third-order valence-corrected chi connectivity index (χ3v) is 4.46. The highest BCUT2D eigenvalue weighted by atomic mass is 79.9.